The standard InChI is InChI=1S/C20H30N6O2/c1-15(2)10-18-23-19(28-24-18)14-25(3)20(27)22-17-7-5-9-26(13-17)12-16-6-4-8-21-11-16/h4,6,8,11,15,17H,5,7,9-10,12-14H2,1-3H3,(H,22,27). The molecule has 0 saturated carbocycles. The van der Waals surface area contributed by atoms with Crippen LogP contribution in [0.3, 0.4) is 0 Å². The van der Waals surface area contributed by atoms with E-state index in [1.807, 2.05) is 12.3 Å². The lowest BCUT2D eigenvalue weighted by molar-refractivity contribution is 0.164. The summed E-state index contributed by atoms with van der Waals surface area (Å²) in [6.07, 6.45) is 6.51. The number of hydrogen-bond acceptors (Lipinski definition) is 6. The Balaban J connectivity index is 1.47. The molecule has 8 nitrogen and oxygen atoms in total. The van der Waals surface area contributed by atoms with E-state index in [9.17, 15) is 4.79 Å². The molecule has 1 aliphatic heterocycles. The van der Waals surface area contributed by atoms with Crippen LogP contribution >= 0.6 is 0 Å². The fraction of sp³-hybridized carbons (Fsp3) is 0.600. The SMILES string of the molecule is CC(C)Cc1noc(CN(C)C(=O)NC2CCCN(Cc3cccnc3)C2)n1. The molecule has 2 aromatic rings. The summed E-state index contributed by atoms with van der Waals surface area (Å²) in [6, 6.07) is 4.06. The van der Waals surface area contributed by atoms with E-state index in [2.05, 4.69) is 45.3 Å². The van der Waals surface area contributed by atoms with Crippen molar-refractivity contribution in [3.8, 4) is 0 Å². The summed E-state index contributed by atoms with van der Waals surface area (Å²) in [4.78, 5) is 25.1. The highest BCUT2D eigenvalue weighted by Gasteiger charge is 2.23. The van der Waals surface area contributed by atoms with Crippen molar-refractivity contribution in [2.45, 2.75) is 52.2 Å². The van der Waals surface area contributed by atoms with Crippen LogP contribution in [0.4, 0.5) is 4.79 Å². The van der Waals surface area contributed by atoms with E-state index in [0.29, 0.717) is 24.2 Å². The van der Waals surface area contributed by atoms with Crippen molar-refractivity contribution in [3.05, 3.63) is 41.8 Å². The first-order chi connectivity index (χ1) is 13.5. The molecule has 0 bridgehead atoms. The molecule has 1 fully saturated rings. The van der Waals surface area contributed by atoms with Crippen LogP contribution in [0, 0.1) is 5.92 Å². The topological polar surface area (TPSA) is 87.4 Å². The van der Waals surface area contributed by atoms with Crippen LogP contribution in [0.2, 0.25) is 0 Å². The summed E-state index contributed by atoms with van der Waals surface area (Å²) in [5.74, 6) is 1.62. The van der Waals surface area contributed by atoms with Gasteiger partial charge in [-0.25, -0.2) is 4.79 Å². The molecule has 0 radical (unpaired) electrons. The Morgan fingerprint density at radius 1 is 1.46 bits per heavy atom. The van der Waals surface area contributed by atoms with E-state index in [0.717, 1.165) is 38.9 Å². The third kappa shape index (κ3) is 6.02. The summed E-state index contributed by atoms with van der Waals surface area (Å²) in [7, 11) is 1.75. The van der Waals surface area contributed by atoms with Gasteiger partial charge in [0, 0.05) is 45.0 Å². The van der Waals surface area contributed by atoms with Gasteiger partial charge in [0.2, 0.25) is 5.89 Å². The zero-order valence-electron chi connectivity index (χ0n) is 17.0. The van der Waals surface area contributed by atoms with Gasteiger partial charge in [0.15, 0.2) is 5.82 Å². The Morgan fingerprint density at radius 3 is 3.07 bits per heavy atom. The minimum atomic E-state index is -0.114. The van der Waals surface area contributed by atoms with Crippen LogP contribution < -0.4 is 5.32 Å². The number of urea groups is 1. The van der Waals surface area contributed by atoms with Crippen molar-refractivity contribution in [2.75, 3.05) is 20.1 Å². The lowest BCUT2D eigenvalue weighted by Gasteiger charge is -2.33. The molecular formula is C20H30N6O2. The van der Waals surface area contributed by atoms with E-state index in [1.165, 1.54) is 5.56 Å². The van der Waals surface area contributed by atoms with Gasteiger partial charge in [0.25, 0.3) is 0 Å². The van der Waals surface area contributed by atoms with Crippen molar-refractivity contribution >= 4 is 6.03 Å². The zero-order chi connectivity index (χ0) is 19.9. The zero-order valence-corrected chi connectivity index (χ0v) is 17.0. The number of amides is 2. The number of pyridine rings is 1. The van der Waals surface area contributed by atoms with Crippen LogP contribution in [0.15, 0.2) is 29.0 Å². The Morgan fingerprint density at radius 2 is 2.32 bits per heavy atom. The van der Waals surface area contributed by atoms with Crippen molar-refractivity contribution in [3.63, 3.8) is 0 Å². The van der Waals surface area contributed by atoms with Crippen LogP contribution in [-0.4, -0.2) is 57.1 Å². The van der Waals surface area contributed by atoms with E-state index >= 15 is 0 Å². The van der Waals surface area contributed by atoms with E-state index in [-0.39, 0.29) is 12.1 Å². The first-order valence-electron chi connectivity index (χ1n) is 9.94. The molecule has 3 rings (SSSR count). The Kier molecular flexibility index (Phi) is 6.97. The minimum Gasteiger partial charge on any atom is -0.337 e. The number of piperidine rings is 1. The van der Waals surface area contributed by atoms with Gasteiger partial charge in [-0.3, -0.25) is 9.88 Å². The molecule has 0 aromatic carbocycles. The van der Waals surface area contributed by atoms with Crippen molar-refractivity contribution < 1.29 is 9.32 Å². The number of rotatable bonds is 7. The monoisotopic (exact) mass is 386 g/mol. The lowest BCUT2D eigenvalue weighted by Crippen LogP contribution is -2.50. The number of likely N-dealkylation sites (tertiary alicyclic amines) is 1. The van der Waals surface area contributed by atoms with Gasteiger partial charge in [0.1, 0.15) is 6.54 Å². The third-order valence-electron chi connectivity index (χ3n) is 4.78. The highest BCUT2D eigenvalue weighted by atomic mass is 16.5. The second-order valence-electron chi connectivity index (χ2n) is 7.94. The molecule has 1 N–H and O–H groups in total. The number of aromatic nitrogens is 3. The van der Waals surface area contributed by atoms with Gasteiger partial charge in [0.05, 0.1) is 0 Å². The molecule has 3 heterocycles. The Bertz CT molecular complexity index is 748. The van der Waals surface area contributed by atoms with Gasteiger partial charge in [-0.05, 0) is 36.9 Å². The maximum atomic E-state index is 12.6. The summed E-state index contributed by atoms with van der Waals surface area (Å²) in [5, 5.41) is 7.11. The molecule has 8 heteroatoms. The van der Waals surface area contributed by atoms with Gasteiger partial charge in [-0.2, -0.15) is 4.98 Å². The quantitative estimate of drug-likeness (QED) is 0.787. The smallest absolute Gasteiger partial charge is 0.317 e. The Hall–Kier alpha value is -2.48. The van der Waals surface area contributed by atoms with Gasteiger partial charge in [-0.15, -0.1) is 0 Å². The average molecular weight is 387 g/mol. The van der Waals surface area contributed by atoms with Gasteiger partial charge >= 0.3 is 6.03 Å². The van der Waals surface area contributed by atoms with Crippen LogP contribution in [-0.2, 0) is 19.5 Å². The second kappa shape index (κ2) is 9.64. The number of carbonyl (C=O) groups excluding carboxylic acids is 1. The summed E-state index contributed by atoms with van der Waals surface area (Å²) < 4.78 is 5.26. The van der Waals surface area contributed by atoms with Crippen molar-refractivity contribution in [2.24, 2.45) is 5.92 Å². The maximum Gasteiger partial charge on any atom is 0.317 e. The van der Waals surface area contributed by atoms with Crippen LogP contribution in [0.1, 0.15) is 44.0 Å². The summed E-state index contributed by atoms with van der Waals surface area (Å²) in [6.45, 7) is 7.26. The molecule has 2 amide bonds. The molecule has 1 atom stereocenters. The minimum absolute atomic E-state index is 0.114. The first-order valence-corrected chi connectivity index (χ1v) is 9.94. The summed E-state index contributed by atoms with van der Waals surface area (Å²) >= 11 is 0. The molecule has 1 unspecified atom stereocenters. The maximum absolute atomic E-state index is 12.6. The molecule has 1 aliphatic rings. The van der Waals surface area contributed by atoms with Gasteiger partial charge in [-0.1, -0.05) is 25.1 Å². The molecule has 28 heavy (non-hydrogen) atoms. The fourth-order valence-corrected chi connectivity index (χ4v) is 3.43. The highest BCUT2D eigenvalue weighted by Crippen LogP contribution is 2.14. The van der Waals surface area contributed by atoms with Crippen molar-refractivity contribution in [1.29, 1.82) is 0 Å². The fourth-order valence-electron chi connectivity index (χ4n) is 3.43. The summed E-state index contributed by atoms with van der Waals surface area (Å²) in [5.41, 5.74) is 1.19. The number of carbonyl (C=O) groups is 1. The van der Waals surface area contributed by atoms with E-state index in [1.54, 1.807) is 18.1 Å². The lowest BCUT2D eigenvalue weighted by atomic mass is 10.1. The average Bonchev–Trinajstić information content (AvgIpc) is 3.09. The molecule has 0 spiro atoms. The first kappa shape index (κ1) is 20.3. The van der Waals surface area contributed by atoms with E-state index < -0.39 is 0 Å². The second-order valence-corrected chi connectivity index (χ2v) is 7.94. The number of nitrogens with one attached hydrogen (secondary N) is 1. The largest absolute Gasteiger partial charge is 0.337 e. The molecule has 2 aromatic heterocycles. The number of nitrogens with zero attached hydrogens (tertiary/aromatic N) is 5. The molecular weight excluding hydrogens is 356 g/mol. The van der Waals surface area contributed by atoms with Crippen LogP contribution in [0.5, 0.6) is 0 Å². The number of hydrogen-bond donors (Lipinski definition) is 1. The molecule has 0 aliphatic carbocycles. The molecule has 152 valence electrons. The third-order valence-corrected chi connectivity index (χ3v) is 4.78. The van der Waals surface area contributed by atoms with E-state index in [4.69, 9.17) is 4.52 Å². The van der Waals surface area contributed by atoms with Crippen molar-refractivity contribution in [1.82, 2.24) is 30.2 Å². The normalized spacial score (nSPS) is 17.6. The van der Waals surface area contributed by atoms with Crippen LogP contribution in [0.25, 0.3) is 0 Å². The molecule has 1 saturated heterocycles. The predicted octanol–water partition coefficient (Wildman–Crippen LogP) is 2.47. The predicted molar refractivity (Wildman–Crippen MR) is 105 cm³/mol. The highest BCUT2D eigenvalue weighted by molar-refractivity contribution is 5.74. The van der Waals surface area contributed by atoms with Gasteiger partial charge < -0.3 is 14.7 Å². The Labute approximate surface area is 166 Å².